The lowest BCUT2D eigenvalue weighted by Crippen LogP contribution is -2.16. The smallest absolute Gasteiger partial charge is 0.340 e. The van der Waals surface area contributed by atoms with Crippen molar-refractivity contribution in [2.45, 2.75) is 19.8 Å². The molecule has 0 unspecified atom stereocenters. The minimum absolute atomic E-state index is 0.146. The van der Waals surface area contributed by atoms with Crippen LogP contribution in [0, 0.1) is 0 Å². The maximum Gasteiger partial charge on any atom is 0.340 e. The molecule has 0 aliphatic carbocycles. The Hall–Kier alpha value is -3.48. The van der Waals surface area contributed by atoms with Gasteiger partial charge in [0.2, 0.25) is 17.7 Å². The first-order chi connectivity index (χ1) is 13.2. The van der Waals surface area contributed by atoms with Crippen molar-refractivity contribution in [1.82, 2.24) is 10.2 Å². The molecule has 0 aliphatic rings. The van der Waals surface area contributed by atoms with Crippen molar-refractivity contribution in [3.63, 3.8) is 0 Å². The minimum atomic E-state index is -0.474. The van der Waals surface area contributed by atoms with Crippen LogP contribution in [0.5, 0.6) is 0 Å². The third kappa shape index (κ3) is 4.78. The van der Waals surface area contributed by atoms with Crippen molar-refractivity contribution in [2.75, 3.05) is 11.9 Å². The van der Waals surface area contributed by atoms with E-state index in [1.54, 1.807) is 31.2 Å². The second-order valence-corrected chi connectivity index (χ2v) is 5.68. The van der Waals surface area contributed by atoms with Crippen LogP contribution in [-0.2, 0) is 16.0 Å². The van der Waals surface area contributed by atoms with Crippen LogP contribution in [0.1, 0.15) is 29.6 Å². The van der Waals surface area contributed by atoms with E-state index in [0.29, 0.717) is 29.5 Å². The first-order valence-corrected chi connectivity index (χ1v) is 8.61. The van der Waals surface area contributed by atoms with Crippen molar-refractivity contribution < 1.29 is 18.7 Å². The van der Waals surface area contributed by atoms with Gasteiger partial charge in [0, 0.05) is 18.4 Å². The lowest BCUT2D eigenvalue weighted by atomic mass is 10.1. The first-order valence-electron chi connectivity index (χ1n) is 8.61. The molecule has 3 rings (SSSR count). The first kappa shape index (κ1) is 18.3. The van der Waals surface area contributed by atoms with Crippen molar-refractivity contribution in [3.05, 3.63) is 66.1 Å². The Morgan fingerprint density at radius 1 is 1.04 bits per heavy atom. The Bertz CT molecular complexity index is 922. The molecule has 2 aromatic carbocycles. The van der Waals surface area contributed by atoms with E-state index in [9.17, 15) is 9.59 Å². The summed E-state index contributed by atoms with van der Waals surface area (Å²) >= 11 is 0. The average Bonchev–Trinajstić information content (AvgIpc) is 3.17. The van der Waals surface area contributed by atoms with Crippen LogP contribution >= 0.6 is 0 Å². The summed E-state index contributed by atoms with van der Waals surface area (Å²) in [6.45, 7) is 2.00. The van der Waals surface area contributed by atoms with Crippen LogP contribution in [0.15, 0.2) is 59.0 Å². The molecule has 138 valence electrons. The van der Waals surface area contributed by atoms with E-state index >= 15 is 0 Å². The van der Waals surface area contributed by atoms with E-state index in [1.165, 1.54) is 0 Å². The van der Waals surface area contributed by atoms with Crippen molar-refractivity contribution in [2.24, 2.45) is 0 Å². The van der Waals surface area contributed by atoms with Gasteiger partial charge in [-0.25, -0.2) is 4.79 Å². The molecule has 0 radical (unpaired) electrons. The van der Waals surface area contributed by atoms with Gasteiger partial charge >= 0.3 is 5.97 Å². The standard InChI is InChI=1S/C20H19N3O4/c1-2-26-20(25)15-10-6-7-11-16(15)21-17(24)12-13-18-22-23-19(27-18)14-8-4-3-5-9-14/h3-11H,2,12-13H2,1H3,(H,21,24). The number of rotatable bonds is 7. The highest BCUT2D eigenvalue weighted by molar-refractivity contribution is 6.01. The molecule has 0 aliphatic heterocycles. The topological polar surface area (TPSA) is 94.3 Å². The second-order valence-electron chi connectivity index (χ2n) is 5.68. The Balaban J connectivity index is 1.60. The van der Waals surface area contributed by atoms with E-state index in [2.05, 4.69) is 15.5 Å². The van der Waals surface area contributed by atoms with Gasteiger partial charge in [0.15, 0.2) is 0 Å². The highest BCUT2D eigenvalue weighted by Gasteiger charge is 2.15. The zero-order valence-corrected chi connectivity index (χ0v) is 14.8. The number of ether oxygens (including phenoxy) is 1. The molecule has 1 aromatic heterocycles. The van der Waals surface area contributed by atoms with Crippen LogP contribution in [-0.4, -0.2) is 28.7 Å². The van der Waals surface area contributed by atoms with Gasteiger partial charge in [0.25, 0.3) is 0 Å². The van der Waals surface area contributed by atoms with E-state index in [1.807, 2.05) is 30.3 Å². The molecule has 1 heterocycles. The fourth-order valence-corrected chi connectivity index (χ4v) is 2.46. The number of carbonyl (C=O) groups excluding carboxylic acids is 2. The summed E-state index contributed by atoms with van der Waals surface area (Å²) in [4.78, 5) is 24.2. The summed E-state index contributed by atoms with van der Waals surface area (Å²) in [5, 5.41) is 10.7. The lowest BCUT2D eigenvalue weighted by Gasteiger charge is -2.09. The fourth-order valence-electron chi connectivity index (χ4n) is 2.46. The maximum absolute atomic E-state index is 12.2. The summed E-state index contributed by atoms with van der Waals surface area (Å²) < 4.78 is 10.6. The molecule has 3 aromatic rings. The SMILES string of the molecule is CCOC(=O)c1ccccc1NC(=O)CCc1nnc(-c2ccccc2)o1. The molecule has 7 heteroatoms. The minimum Gasteiger partial charge on any atom is -0.462 e. The van der Waals surface area contributed by atoms with Crippen LogP contribution in [0.4, 0.5) is 5.69 Å². The van der Waals surface area contributed by atoms with Crippen LogP contribution in [0.3, 0.4) is 0 Å². The number of amides is 1. The molecule has 0 bridgehead atoms. The molecule has 1 amide bonds. The highest BCUT2D eigenvalue weighted by atomic mass is 16.5. The Morgan fingerprint density at radius 2 is 1.78 bits per heavy atom. The fraction of sp³-hybridized carbons (Fsp3) is 0.200. The van der Waals surface area contributed by atoms with Gasteiger partial charge in [0.05, 0.1) is 17.9 Å². The number of nitrogens with one attached hydrogen (secondary N) is 1. The number of anilines is 1. The average molecular weight is 365 g/mol. The van der Waals surface area contributed by atoms with E-state index in [-0.39, 0.29) is 18.9 Å². The highest BCUT2D eigenvalue weighted by Crippen LogP contribution is 2.19. The van der Waals surface area contributed by atoms with Crippen molar-refractivity contribution in [3.8, 4) is 11.5 Å². The quantitative estimate of drug-likeness (QED) is 0.644. The number of aromatic nitrogens is 2. The van der Waals surface area contributed by atoms with Gasteiger partial charge in [-0.1, -0.05) is 30.3 Å². The number of hydrogen-bond donors (Lipinski definition) is 1. The van der Waals surface area contributed by atoms with Crippen LogP contribution in [0.25, 0.3) is 11.5 Å². The predicted molar refractivity (Wildman–Crippen MR) is 99.1 cm³/mol. The number of para-hydroxylation sites is 1. The largest absolute Gasteiger partial charge is 0.462 e. The van der Waals surface area contributed by atoms with E-state index in [0.717, 1.165) is 5.56 Å². The molecule has 0 fully saturated rings. The van der Waals surface area contributed by atoms with E-state index < -0.39 is 5.97 Å². The molecule has 7 nitrogen and oxygen atoms in total. The molecule has 0 saturated carbocycles. The number of nitrogens with zero attached hydrogens (tertiary/aromatic N) is 2. The predicted octanol–water partition coefficient (Wildman–Crippen LogP) is 3.48. The summed E-state index contributed by atoms with van der Waals surface area (Å²) in [6, 6.07) is 16.1. The van der Waals surface area contributed by atoms with Gasteiger partial charge in [-0.15, -0.1) is 10.2 Å². The van der Waals surface area contributed by atoms with Gasteiger partial charge in [0.1, 0.15) is 0 Å². The summed E-state index contributed by atoms with van der Waals surface area (Å²) in [5.41, 5.74) is 1.55. The molecule has 0 saturated heterocycles. The van der Waals surface area contributed by atoms with Gasteiger partial charge in [-0.3, -0.25) is 4.79 Å². The summed E-state index contributed by atoms with van der Waals surface area (Å²) in [7, 11) is 0. The van der Waals surface area contributed by atoms with Crippen molar-refractivity contribution in [1.29, 1.82) is 0 Å². The number of hydrogen-bond acceptors (Lipinski definition) is 6. The molecule has 0 spiro atoms. The van der Waals surface area contributed by atoms with E-state index in [4.69, 9.17) is 9.15 Å². The summed E-state index contributed by atoms with van der Waals surface area (Å²) in [6.07, 6.45) is 0.445. The lowest BCUT2D eigenvalue weighted by molar-refractivity contribution is -0.116. The Kier molecular flexibility index (Phi) is 5.94. The molecule has 0 atom stereocenters. The van der Waals surface area contributed by atoms with Gasteiger partial charge < -0.3 is 14.5 Å². The van der Waals surface area contributed by atoms with Crippen molar-refractivity contribution >= 4 is 17.6 Å². The normalized spacial score (nSPS) is 10.4. The second kappa shape index (κ2) is 8.75. The number of carbonyl (C=O) groups is 2. The molecule has 1 N–H and O–H groups in total. The number of esters is 1. The maximum atomic E-state index is 12.2. The Labute approximate surface area is 156 Å². The number of benzene rings is 2. The van der Waals surface area contributed by atoms with Crippen LogP contribution in [0.2, 0.25) is 0 Å². The Morgan fingerprint density at radius 3 is 2.56 bits per heavy atom. The molecular formula is C20H19N3O4. The zero-order valence-electron chi connectivity index (χ0n) is 14.8. The van der Waals surface area contributed by atoms with Gasteiger partial charge in [-0.05, 0) is 31.2 Å². The zero-order chi connectivity index (χ0) is 19.1. The third-order valence-electron chi connectivity index (χ3n) is 3.75. The molecule has 27 heavy (non-hydrogen) atoms. The number of aryl methyl sites for hydroxylation is 1. The monoisotopic (exact) mass is 365 g/mol. The summed E-state index contributed by atoms with van der Waals surface area (Å²) in [5.74, 6) is 0.0605. The van der Waals surface area contributed by atoms with Gasteiger partial charge in [-0.2, -0.15) is 0 Å². The van der Waals surface area contributed by atoms with Crippen LogP contribution < -0.4 is 5.32 Å². The third-order valence-corrected chi connectivity index (χ3v) is 3.75. The molecular weight excluding hydrogens is 346 g/mol.